The van der Waals surface area contributed by atoms with Gasteiger partial charge in [-0.1, -0.05) is 230 Å². The summed E-state index contributed by atoms with van der Waals surface area (Å²) in [6, 6.07) is 0. The molecule has 0 aromatic rings. The average molecular weight is 981 g/mol. The lowest BCUT2D eigenvalue weighted by Gasteiger charge is -2.24. The van der Waals surface area contributed by atoms with Crippen LogP contribution < -0.4 is 0 Å². The van der Waals surface area contributed by atoms with E-state index in [9.17, 15) is 19.0 Å². The number of esters is 2. The molecule has 0 saturated heterocycles. The van der Waals surface area contributed by atoms with Crippen LogP contribution in [0.15, 0.2) is 36.5 Å². The zero-order valence-electron chi connectivity index (χ0n) is 45.4. The summed E-state index contributed by atoms with van der Waals surface area (Å²) >= 11 is 0. The summed E-state index contributed by atoms with van der Waals surface area (Å²) in [5.41, 5.74) is 0. The molecule has 10 heteroatoms. The van der Waals surface area contributed by atoms with Crippen LogP contribution in [0.5, 0.6) is 0 Å². The van der Waals surface area contributed by atoms with Gasteiger partial charge in [0.2, 0.25) is 0 Å². The van der Waals surface area contributed by atoms with Crippen molar-refractivity contribution in [3.63, 3.8) is 0 Å². The van der Waals surface area contributed by atoms with Crippen LogP contribution in [0.2, 0.25) is 0 Å². The molecule has 0 amide bonds. The Labute approximate surface area is 421 Å². The molecular weight excluding hydrogens is 870 g/mol. The molecule has 0 rings (SSSR count). The highest BCUT2D eigenvalue weighted by atomic mass is 31.2. The summed E-state index contributed by atoms with van der Waals surface area (Å²) in [5, 5.41) is 0. The van der Waals surface area contributed by atoms with E-state index in [1.54, 1.807) is 0 Å². The summed E-state index contributed by atoms with van der Waals surface area (Å²) in [6.07, 6.45) is 61.0. The topological polar surface area (TPSA) is 108 Å². The number of hydrogen-bond acceptors (Lipinski definition) is 7. The van der Waals surface area contributed by atoms with E-state index in [0.717, 1.165) is 64.2 Å². The largest absolute Gasteiger partial charge is 0.472 e. The lowest BCUT2D eigenvalue weighted by Crippen LogP contribution is -2.37. The van der Waals surface area contributed by atoms with Crippen LogP contribution in [0.25, 0.3) is 0 Å². The summed E-state index contributed by atoms with van der Waals surface area (Å²) in [5.74, 6) is -0.799. The van der Waals surface area contributed by atoms with Crippen molar-refractivity contribution >= 4 is 19.8 Å². The fourth-order valence-electron chi connectivity index (χ4n) is 8.15. The molecule has 2 atom stereocenters. The lowest BCUT2D eigenvalue weighted by molar-refractivity contribution is -0.870. The Bertz CT molecular complexity index is 1250. The van der Waals surface area contributed by atoms with E-state index >= 15 is 0 Å². The molecule has 400 valence electrons. The van der Waals surface area contributed by atoms with E-state index in [2.05, 4.69) is 50.3 Å². The number of likely N-dealkylation sites (N-methyl/N-ethyl adjacent to an activating group) is 1. The van der Waals surface area contributed by atoms with Crippen molar-refractivity contribution in [2.75, 3.05) is 47.5 Å². The molecule has 0 saturated carbocycles. The van der Waals surface area contributed by atoms with Crippen molar-refractivity contribution in [3.8, 4) is 0 Å². The monoisotopic (exact) mass is 981 g/mol. The fraction of sp³-hybridized carbons (Fsp3) is 0.862. The highest BCUT2D eigenvalue weighted by molar-refractivity contribution is 7.47. The maximum atomic E-state index is 12.8. The molecule has 0 radical (unpaired) electrons. The van der Waals surface area contributed by atoms with Crippen LogP contribution in [-0.4, -0.2) is 74.9 Å². The molecule has 0 heterocycles. The number of hydrogen-bond donors (Lipinski definition) is 1. The molecule has 0 aromatic carbocycles. The van der Waals surface area contributed by atoms with Crippen LogP contribution in [-0.2, 0) is 32.7 Å². The second-order valence-electron chi connectivity index (χ2n) is 20.7. The number of ether oxygens (including phenoxy) is 2. The summed E-state index contributed by atoms with van der Waals surface area (Å²) < 4.78 is 34.4. The van der Waals surface area contributed by atoms with Gasteiger partial charge in [0.25, 0.3) is 0 Å². The van der Waals surface area contributed by atoms with E-state index in [0.29, 0.717) is 17.4 Å². The van der Waals surface area contributed by atoms with Gasteiger partial charge in [-0.05, 0) is 64.2 Å². The number of carbonyl (C=O) groups is 2. The summed E-state index contributed by atoms with van der Waals surface area (Å²) in [7, 11) is 1.48. The van der Waals surface area contributed by atoms with Crippen molar-refractivity contribution < 1.29 is 42.1 Å². The predicted octanol–water partition coefficient (Wildman–Crippen LogP) is 17.6. The molecule has 2 unspecified atom stereocenters. The quantitative estimate of drug-likeness (QED) is 0.0211. The molecule has 0 aliphatic rings. The van der Waals surface area contributed by atoms with E-state index < -0.39 is 26.5 Å². The fourth-order valence-corrected chi connectivity index (χ4v) is 8.89. The number of unbranched alkanes of at least 4 members (excludes halogenated alkanes) is 33. The normalized spacial score (nSPS) is 13.6. The number of nitrogens with zero attached hydrogens (tertiary/aromatic N) is 1. The van der Waals surface area contributed by atoms with E-state index in [4.69, 9.17) is 18.5 Å². The van der Waals surface area contributed by atoms with Gasteiger partial charge >= 0.3 is 19.8 Å². The standard InChI is InChI=1S/C58H110NO8P/c1-6-8-10-12-14-16-18-19-20-21-22-23-24-25-26-27-28-29-30-31-32-33-34-35-36-37-38-39-41-43-45-47-49-51-58(61)67-56(55-66-68(62,63)65-53-52-59(3,4)5)54-64-57(60)50-48-46-44-42-40-17-15-13-11-9-7-2/h13,15,18-19,21-22,56H,6-12,14,16-17,20,23-55H2,1-5H3/p+1/b15-13-,19-18-,22-21-. The molecule has 9 nitrogen and oxygen atoms in total. The third-order valence-electron chi connectivity index (χ3n) is 12.6. The number of quaternary nitrogens is 1. The van der Waals surface area contributed by atoms with Crippen LogP contribution in [0.3, 0.4) is 0 Å². The third kappa shape index (κ3) is 53.6. The van der Waals surface area contributed by atoms with Crippen molar-refractivity contribution in [1.29, 1.82) is 0 Å². The lowest BCUT2D eigenvalue weighted by atomic mass is 10.0. The Balaban J connectivity index is 3.95. The van der Waals surface area contributed by atoms with Crippen molar-refractivity contribution in [2.24, 2.45) is 0 Å². The Kier molecular flexibility index (Phi) is 48.9. The van der Waals surface area contributed by atoms with Gasteiger partial charge in [-0.15, -0.1) is 0 Å². The first-order chi connectivity index (χ1) is 33.0. The first-order valence-corrected chi connectivity index (χ1v) is 30.2. The molecule has 0 fully saturated rings. The average Bonchev–Trinajstić information content (AvgIpc) is 3.30. The minimum Gasteiger partial charge on any atom is -0.462 e. The van der Waals surface area contributed by atoms with E-state index in [1.807, 2.05) is 21.1 Å². The second kappa shape index (κ2) is 50.2. The van der Waals surface area contributed by atoms with Crippen molar-refractivity contribution in [1.82, 2.24) is 0 Å². The Morgan fingerprint density at radius 2 is 0.809 bits per heavy atom. The molecule has 0 bridgehead atoms. The van der Waals surface area contributed by atoms with Crippen LogP contribution in [0, 0.1) is 0 Å². The SMILES string of the molecule is CCCC/C=C\CCCCCCCC(=O)OCC(COP(=O)(O)OCC[N+](C)(C)C)OC(=O)CCCCCCCCCCCCCCCCCCCCCCC/C=C\C/C=C\CCCCCCC. The summed E-state index contributed by atoms with van der Waals surface area (Å²) in [6.45, 7) is 4.40. The number of allylic oxidation sites excluding steroid dienone is 6. The number of phosphoric acid groups is 1. The Morgan fingerprint density at radius 3 is 1.22 bits per heavy atom. The second-order valence-corrected chi connectivity index (χ2v) is 22.1. The van der Waals surface area contributed by atoms with Gasteiger partial charge in [0.15, 0.2) is 6.10 Å². The summed E-state index contributed by atoms with van der Waals surface area (Å²) in [4.78, 5) is 35.5. The Hall–Kier alpha value is -1.77. The molecule has 68 heavy (non-hydrogen) atoms. The molecular formula is C58H111NO8P+. The van der Waals surface area contributed by atoms with Gasteiger partial charge in [0, 0.05) is 12.8 Å². The van der Waals surface area contributed by atoms with Crippen molar-refractivity contribution in [2.45, 2.75) is 277 Å². The Morgan fingerprint density at radius 1 is 0.456 bits per heavy atom. The van der Waals surface area contributed by atoms with E-state index in [1.165, 1.54) is 173 Å². The minimum absolute atomic E-state index is 0.0321. The van der Waals surface area contributed by atoms with Gasteiger partial charge in [0.1, 0.15) is 19.8 Å². The van der Waals surface area contributed by atoms with Gasteiger partial charge in [-0.3, -0.25) is 18.6 Å². The van der Waals surface area contributed by atoms with Gasteiger partial charge in [0.05, 0.1) is 27.7 Å². The minimum atomic E-state index is -4.38. The number of rotatable bonds is 53. The third-order valence-corrected chi connectivity index (χ3v) is 13.6. The van der Waals surface area contributed by atoms with Gasteiger partial charge in [-0.25, -0.2) is 4.57 Å². The number of carbonyl (C=O) groups excluding carboxylic acids is 2. The highest BCUT2D eigenvalue weighted by Crippen LogP contribution is 2.43. The maximum absolute atomic E-state index is 12.8. The molecule has 0 spiro atoms. The van der Waals surface area contributed by atoms with Crippen LogP contribution in [0.1, 0.15) is 271 Å². The molecule has 0 aliphatic carbocycles. The zero-order chi connectivity index (χ0) is 49.9. The highest BCUT2D eigenvalue weighted by Gasteiger charge is 2.27. The van der Waals surface area contributed by atoms with Gasteiger partial charge < -0.3 is 18.9 Å². The molecule has 0 aromatic heterocycles. The van der Waals surface area contributed by atoms with Crippen LogP contribution in [0.4, 0.5) is 0 Å². The first-order valence-electron chi connectivity index (χ1n) is 28.7. The van der Waals surface area contributed by atoms with E-state index in [-0.39, 0.29) is 32.0 Å². The van der Waals surface area contributed by atoms with Crippen molar-refractivity contribution in [3.05, 3.63) is 36.5 Å². The van der Waals surface area contributed by atoms with Gasteiger partial charge in [-0.2, -0.15) is 0 Å². The molecule has 0 aliphatic heterocycles. The maximum Gasteiger partial charge on any atom is 0.472 e. The molecule has 1 N–H and O–H groups in total. The zero-order valence-corrected chi connectivity index (χ0v) is 46.2. The smallest absolute Gasteiger partial charge is 0.462 e. The van der Waals surface area contributed by atoms with Crippen LogP contribution >= 0.6 is 7.82 Å². The predicted molar refractivity (Wildman–Crippen MR) is 289 cm³/mol. The number of phosphoric ester groups is 1. The first kappa shape index (κ1) is 66.2.